The summed E-state index contributed by atoms with van der Waals surface area (Å²) < 4.78 is 11.1. The van der Waals surface area contributed by atoms with Gasteiger partial charge in [0.05, 0.1) is 5.39 Å². The topological polar surface area (TPSA) is 71.8 Å². The van der Waals surface area contributed by atoms with Crippen molar-refractivity contribution in [3.05, 3.63) is 52.9 Å². The van der Waals surface area contributed by atoms with Gasteiger partial charge in [-0.2, -0.15) is 0 Å². The van der Waals surface area contributed by atoms with Gasteiger partial charge in [-0.3, -0.25) is 4.79 Å². The Hall–Kier alpha value is -2.86. The van der Waals surface area contributed by atoms with E-state index >= 15 is 0 Å². The van der Waals surface area contributed by atoms with Gasteiger partial charge in [-0.05, 0) is 57.6 Å². The molecule has 0 spiro atoms. The molecule has 2 aromatic carbocycles. The molecule has 0 radical (unpaired) electrons. The number of carbonyl (C=O) groups is 1. The van der Waals surface area contributed by atoms with Gasteiger partial charge in [-0.25, -0.2) is 4.79 Å². The van der Waals surface area contributed by atoms with Gasteiger partial charge in [0.1, 0.15) is 11.3 Å². The van der Waals surface area contributed by atoms with Gasteiger partial charge in [0, 0.05) is 18.0 Å². The summed E-state index contributed by atoms with van der Waals surface area (Å²) in [5.41, 5.74) is 0.0525. The molecule has 0 aliphatic heterocycles. The van der Waals surface area contributed by atoms with Crippen LogP contribution in [0.5, 0.6) is 5.75 Å². The fraction of sp³-hybridized carbons (Fsp3) is 0.333. The third kappa shape index (κ3) is 4.46. The average molecular weight is 368 g/mol. The molecule has 0 bridgehead atoms. The first-order valence-corrected chi connectivity index (χ1v) is 9.00. The summed E-state index contributed by atoms with van der Waals surface area (Å²) in [5, 5.41) is 5.08. The van der Waals surface area contributed by atoms with Gasteiger partial charge in [0.25, 0.3) is 5.91 Å². The van der Waals surface area contributed by atoms with Crippen molar-refractivity contribution >= 4 is 27.6 Å². The molecule has 0 saturated heterocycles. The Morgan fingerprint density at radius 2 is 1.89 bits per heavy atom. The first-order valence-electron chi connectivity index (χ1n) is 9.00. The predicted molar refractivity (Wildman–Crippen MR) is 106 cm³/mol. The first-order chi connectivity index (χ1) is 13.0. The number of fused-ring (bicyclic) bond motifs is 3. The van der Waals surface area contributed by atoms with Crippen LogP contribution in [0.4, 0.5) is 0 Å². The summed E-state index contributed by atoms with van der Waals surface area (Å²) in [6, 6.07) is 12.6. The molecule has 6 heteroatoms. The van der Waals surface area contributed by atoms with Crippen molar-refractivity contribution in [2.45, 2.75) is 19.4 Å². The molecule has 1 amide bonds. The third-order valence-corrected chi connectivity index (χ3v) is 4.36. The van der Waals surface area contributed by atoms with Crippen LogP contribution >= 0.6 is 0 Å². The van der Waals surface area contributed by atoms with Crippen LogP contribution in [0.3, 0.4) is 0 Å². The summed E-state index contributed by atoms with van der Waals surface area (Å²) in [4.78, 5) is 26.4. The number of nitrogens with one attached hydrogen (secondary N) is 1. The lowest BCUT2D eigenvalue weighted by atomic mass is 10.1. The number of hydrogen-bond donors (Lipinski definition) is 1. The van der Waals surface area contributed by atoms with E-state index in [-0.39, 0.29) is 11.5 Å². The Kier molecular flexibility index (Phi) is 5.76. The maximum atomic E-state index is 12.2. The lowest BCUT2D eigenvalue weighted by Crippen LogP contribution is -2.37. The lowest BCUT2D eigenvalue weighted by molar-refractivity contribution is -0.127. The molecular formula is C21H24N2O4. The molecule has 1 aromatic heterocycles. The van der Waals surface area contributed by atoms with E-state index in [1.807, 2.05) is 32.3 Å². The first kappa shape index (κ1) is 18.9. The smallest absolute Gasteiger partial charge is 0.344 e. The monoisotopic (exact) mass is 368 g/mol. The summed E-state index contributed by atoms with van der Waals surface area (Å²) >= 11 is 0. The summed E-state index contributed by atoms with van der Waals surface area (Å²) in [5.74, 6) is 0.311. The van der Waals surface area contributed by atoms with Crippen molar-refractivity contribution in [1.82, 2.24) is 10.2 Å². The van der Waals surface area contributed by atoms with Crippen molar-refractivity contribution in [3.63, 3.8) is 0 Å². The van der Waals surface area contributed by atoms with Gasteiger partial charge >= 0.3 is 5.63 Å². The Morgan fingerprint density at radius 1 is 1.15 bits per heavy atom. The maximum absolute atomic E-state index is 12.2. The molecular weight excluding hydrogens is 344 g/mol. The van der Waals surface area contributed by atoms with Gasteiger partial charge in [-0.1, -0.05) is 18.2 Å². The van der Waals surface area contributed by atoms with Gasteiger partial charge in [0.15, 0.2) is 6.10 Å². The van der Waals surface area contributed by atoms with E-state index in [4.69, 9.17) is 9.15 Å². The highest BCUT2D eigenvalue weighted by Crippen LogP contribution is 2.26. The maximum Gasteiger partial charge on any atom is 0.344 e. The van der Waals surface area contributed by atoms with E-state index in [9.17, 15) is 9.59 Å². The fourth-order valence-corrected chi connectivity index (χ4v) is 2.94. The molecule has 0 saturated carbocycles. The fourth-order valence-electron chi connectivity index (χ4n) is 2.94. The normalized spacial score (nSPS) is 12.4. The quantitative estimate of drug-likeness (QED) is 0.394. The Labute approximate surface area is 157 Å². The molecule has 1 atom stereocenters. The highest BCUT2D eigenvalue weighted by molar-refractivity contribution is 6.04. The minimum absolute atomic E-state index is 0.172. The van der Waals surface area contributed by atoms with Crippen molar-refractivity contribution in [2.24, 2.45) is 0 Å². The minimum atomic E-state index is -0.644. The van der Waals surface area contributed by atoms with E-state index in [1.54, 1.807) is 31.2 Å². The van der Waals surface area contributed by atoms with Crippen LogP contribution in [-0.2, 0) is 4.79 Å². The number of carbonyl (C=O) groups excluding carboxylic acids is 1. The summed E-state index contributed by atoms with van der Waals surface area (Å²) in [7, 11) is 3.99. The molecule has 142 valence electrons. The molecule has 0 aliphatic carbocycles. The number of rotatable bonds is 7. The van der Waals surface area contributed by atoms with Crippen molar-refractivity contribution < 1.29 is 13.9 Å². The van der Waals surface area contributed by atoms with Crippen molar-refractivity contribution in [2.75, 3.05) is 27.2 Å². The van der Waals surface area contributed by atoms with Gasteiger partial charge in [0.2, 0.25) is 0 Å². The Bertz CT molecular complexity index is 1010. The zero-order chi connectivity index (χ0) is 19.4. The minimum Gasteiger partial charge on any atom is -0.481 e. The van der Waals surface area contributed by atoms with Crippen LogP contribution in [0.1, 0.15) is 13.3 Å². The second-order valence-corrected chi connectivity index (χ2v) is 6.80. The zero-order valence-electron chi connectivity index (χ0n) is 15.8. The highest BCUT2D eigenvalue weighted by Gasteiger charge is 2.15. The van der Waals surface area contributed by atoms with Crippen LogP contribution in [0.15, 0.2) is 51.7 Å². The van der Waals surface area contributed by atoms with E-state index < -0.39 is 6.10 Å². The lowest BCUT2D eigenvalue weighted by Gasteiger charge is -2.16. The molecule has 0 aliphatic rings. The van der Waals surface area contributed by atoms with E-state index in [0.29, 0.717) is 23.3 Å². The standard InChI is InChI=1S/C21H24N2O4/c1-14(20(24)22-11-6-12-23(2)3)26-15-9-10-17-16-7-4-5-8-18(16)21(25)27-19(17)13-15/h4-5,7-10,13-14H,6,11-12H2,1-3H3,(H,22,24). The van der Waals surface area contributed by atoms with Crippen molar-refractivity contribution in [1.29, 1.82) is 0 Å². The second kappa shape index (κ2) is 8.22. The SMILES string of the molecule is CC(Oc1ccc2c(c1)oc(=O)c1ccccc12)C(=O)NCCCN(C)C. The molecule has 27 heavy (non-hydrogen) atoms. The van der Waals surface area contributed by atoms with E-state index in [2.05, 4.69) is 10.2 Å². The Morgan fingerprint density at radius 3 is 2.63 bits per heavy atom. The highest BCUT2D eigenvalue weighted by atomic mass is 16.5. The van der Waals surface area contributed by atoms with E-state index in [1.165, 1.54) is 0 Å². The van der Waals surface area contributed by atoms with Crippen LogP contribution in [0.25, 0.3) is 21.7 Å². The molecule has 6 nitrogen and oxygen atoms in total. The molecule has 1 unspecified atom stereocenters. The van der Waals surface area contributed by atoms with E-state index in [0.717, 1.165) is 23.7 Å². The van der Waals surface area contributed by atoms with Crippen LogP contribution in [-0.4, -0.2) is 44.1 Å². The summed E-state index contributed by atoms with van der Waals surface area (Å²) in [6.07, 6.45) is 0.230. The number of hydrogen-bond acceptors (Lipinski definition) is 5. The third-order valence-electron chi connectivity index (χ3n) is 4.36. The van der Waals surface area contributed by atoms with Crippen LogP contribution in [0.2, 0.25) is 0 Å². The van der Waals surface area contributed by atoms with Gasteiger partial charge in [-0.15, -0.1) is 0 Å². The zero-order valence-corrected chi connectivity index (χ0v) is 15.8. The van der Waals surface area contributed by atoms with Gasteiger partial charge < -0.3 is 19.4 Å². The predicted octanol–water partition coefficient (Wildman–Crippen LogP) is 2.78. The van der Waals surface area contributed by atoms with Crippen LogP contribution in [0, 0.1) is 0 Å². The summed E-state index contributed by atoms with van der Waals surface area (Å²) in [6.45, 7) is 3.21. The molecule has 0 fully saturated rings. The molecule has 3 aromatic rings. The molecule has 1 heterocycles. The average Bonchev–Trinajstić information content (AvgIpc) is 2.65. The van der Waals surface area contributed by atoms with Crippen LogP contribution < -0.4 is 15.7 Å². The second-order valence-electron chi connectivity index (χ2n) is 6.80. The largest absolute Gasteiger partial charge is 0.481 e. The molecule has 3 rings (SSSR count). The molecule has 1 N–H and O–H groups in total. The Balaban J connectivity index is 1.73. The number of benzene rings is 2. The number of amides is 1. The van der Waals surface area contributed by atoms with Crippen molar-refractivity contribution in [3.8, 4) is 5.75 Å². The number of ether oxygens (including phenoxy) is 1. The number of nitrogens with zero attached hydrogens (tertiary/aromatic N) is 1.